The van der Waals surface area contributed by atoms with E-state index < -0.39 is 29.7 Å². The zero-order valence-corrected chi connectivity index (χ0v) is 14.9. The van der Waals surface area contributed by atoms with Crippen LogP contribution in [0.5, 0.6) is 0 Å². The zero-order valence-electron chi connectivity index (χ0n) is 14.9. The normalized spacial score (nSPS) is 22.4. The van der Waals surface area contributed by atoms with Gasteiger partial charge in [-0.3, -0.25) is 14.5 Å². The first-order valence-electron chi connectivity index (χ1n) is 8.89. The molecule has 146 valence electrons. The van der Waals surface area contributed by atoms with Gasteiger partial charge in [0.25, 0.3) is 0 Å². The average molecular weight is 381 g/mol. The van der Waals surface area contributed by atoms with E-state index in [0.29, 0.717) is 13.0 Å². The maximum atomic E-state index is 14.7. The monoisotopic (exact) mass is 381 g/mol. The highest BCUT2D eigenvalue weighted by Crippen LogP contribution is 2.34. The number of nitrogens with one attached hydrogen (secondary N) is 2. The molecule has 0 aromatic heterocycles. The van der Waals surface area contributed by atoms with Crippen molar-refractivity contribution in [1.82, 2.24) is 10.6 Å². The molecule has 2 unspecified atom stereocenters. The summed E-state index contributed by atoms with van der Waals surface area (Å²) in [4.78, 5) is 36.1. The van der Waals surface area contributed by atoms with Gasteiger partial charge >= 0.3 is 6.09 Å². The Kier molecular flexibility index (Phi) is 5.57. The Labute approximate surface area is 155 Å². The number of hydrogen-bond acceptors (Lipinski definition) is 4. The number of piperidine rings is 1. The zero-order chi connectivity index (χ0) is 19.6. The molecule has 27 heavy (non-hydrogen) atoms. The molecule has 0 bridgehead atoms. The number of carbonyl (C=O) groups is 3. The van der Waals surface area contributed by atoms with Gasteiger partial charge in [0.15, 0.2) is 0 Å². The lowest BCUT2D eigenvalue weighted by molar-refractivity contribution is -0.123. The van der Waals surface area contributed by atoms with Crippen LogP contribution >= 0.6 is 0 Å². The molecule has 0 radical (unpaired) electrons. The SMILES string of the molecule is CCC(=O)NCC1COC(=O)N1c1cc(F)c(C2CCNC(=O)C2)c(F)c1. The number of carbonyl (C=O) groups excluding carboxylic acids is 3. The maximum Gasteiger partial charge on any atom is 0.414 e. The summed E-state index contributed by atoms with van der Waals surface area (Å²) in [6.45, 7) is 2.18. The van der Waals surface area contributed by atoms with E-state index in [1.807, 2.05) is 0 Å². The van der Waals surface area contributed by atoms with E-state index in [0.717, 1.165) is 17.0 Å². The van der Waals surface area contributed by atoms with E-state index in [9.17, 15) is 23.2 Å². The van der Waals surface area contributed by atoms with Gasteiger partial charge in [-0.1, -0.05) is 6.92 Å². The highest BCUT2D eigenvalue weighted by molar-refractivity contribution is 5.90. The molecule has 2 aliphatic rings. The smallest absolute Gasteiger partial charge is 0.414 e. The number of cyclic esters (lactones) is 1. The van der Waals surface area contributed by atoms with Crippen LogP contribution in [0.2, 0.25) is 0 Å². The van der Waals surface area contributed by atoms with Crippen LogP contribution in [0.25, 0.3) is 0 Å². The standard InChI is InChI=1S/C18H21F2N3O4/c1-2-15(24)22-8-12-9-27-18(26)23(12)11-6-13(19)17(14(20)7-11)10-3-4-21-16(25)5-10/h6-7,10,12H,2-5,8-9H2,1H3,(H,21,25)(H,22,24). The van der Waals surface area contributed by atoms with Crippen LogP contribution in [0.15, 0.2) is 12.1 Å². The Morgan fingerprint density at radius 3 is 2.67 bits per heavy atom. The van der Waals surface area contributed by atoms with Crippen LogP contribution in [-0.2, 0) is 14.3 Å². The topological polar surface area (TPSA) is 87.7 Å². The van der Waals surface area contributed by atoms with Crippen LogP contribution in [0.3, 0.4) is 0 Å². The molecule has 0 spiro atoms. The number of nitrogens with zero attached hydrogens (tertiary/aromatic N) is 1. The third-order valence-corrected chi connectivity index (χ3v) is 4.81. The molecule has 1 aromatic rings. The Morgan fingerprint density at radius 1 is 1.33 bits per heavy atom. The number of amides is 3. The van der Waals surface area contributed by atoms with Crippen LogP contribution in [0.4, 0.5) is 19.3 Å². The van der Waals surface area contributed by atoms with Crippen molar-refractivity contribution in [2.45, 2.75) is 38.1 Å². The number of ether oxygens (including phenoxy) is 1. The Bertz CT molecular complexity index is 748. The predicted molar refractivity (Wildman–Crippen MR) is 92.3 cm³/mol. The van der Waals surface area contributed by atoms with Gasteiger partial charge in [0.05, 0.1) is 11.7 Å². The highest BCUT2D eigenvalue weighted by atomic mass is 19.1. The van der Waals surface area contributed by atoms with Gasteiger partial charge in [-0.2, -0.15) is 0 Å². The van der Waals surface area contributed by atoms with Gasteiger partial charge in [0.2, 0.25) is 11.8 Å². The van der Waals surface area contributed by atoms with Crippen molar-refractivity contribution >= 4 is 23.6 Å². The van der Waals surface area contributed by atoms with Gasteiger partial charge in [0, 0.05) is 37.4 Å². The number of halogens is 2. The van der Waals surface area contributed by atoms with E-state index in [2.05, 4.69) is 10.6 Å². The summed E-state index contributed by atoms with van der Waals surface area (Å²) < 4.78 is 34.3. The molecule has 2 saturated heterocycles. The van der Waals surface area contributed by atoms with Gasteiger partial charge < -0.3 is 15.4 Å². The van der Waals surface area contributed by atoms with Crippen molar-refractivity contribution in [1.29, 1.82) is 0 Å². The van der Waals surface area contributed by atoms with E-state index in [1.165, 1.54) is 0 Å². The minimum Gasteiger partial charge on any atom is -0.447 e. The molecule has 0 saturated carbocycles. The molecule has 2 atom stereocenters. The molecule has 2 aliphatic heterocycles. The highest BCUT2D eigenvalue weighted by Gasteiger charge is 2.36. The average Bonchev–Trinajstić information content (AvgIpc) is 2.99. The second kappa shape index (κ2) is 7.89. The fourth-order valence-corrected chi connectivity index (χ4v) is 3.41. The van der Waals surface area contributed by atoms with Crippen molar-refractivity contribution in [3.8, 4) is 0 Å². The maximum absolute atomic E-state index is 14.7. The van der Waals surface area contributed by atoms with Crippen molar-refractivity contribution in [2.75, 3.05) is 24.6 Å². The molecule has 3 amide bonds. The van der Waals surface area contributed by atoms with Gasteiger partial charge in [-0.25, -0.2) is 13.6 Å². The quantitative estimate of drug-likeness (QED) is 0.814. The van der Waals surface area contributed by atoms with Crippen molar-refractivity contribution < 1.29 is 27.9 Å². The summed E-state index contributed by atoms with van der Waals surface area (Å²) >= 11 is 0. The van der Waals surface area contributed by atoms with Crippen molar-refractivity contribution in [3.05, 3.63) is 29.3 Å². The largest absolute Gasteiger partial charge is 0.447 e. The molecular formula is C18H21F2N3O4. The Morgan fingerprint density at radius 2 is 2.04 bits per heavy atom. The Hall–Kier alpha value is -2.71. The van der Waals surface area contributed by atoms with Gasteiger partial charge in [-0.15, -0.1) is 0 Å². The summed E-state index contributed by atoms with van der Waals surface area (Å²) in [6, 6.07) is 1.59. The fourth-order valence-electron chi connectivity index (χ4n) is 3.41. The molecule has 3 rings (SSSR count). The summed E-state index contributed by atoms with van der Waals surface area (Å²) in [7, 11) is 0. The minimum atomic E-state index is -0.805. The summed E-state index contributed by atoms with van der Waals surface area (Å²) in [6.07, 6.45) is 0.0180. The first kappa shape index (κ1) is 19.1. The number of benzene rings is 1. The van der Waals surface area contributed by atoms with Crippen molar-refractivity contribution in [3.63, 3.8) is 0 Å². The van der Waals surface area contributed by atoms with Crippen LogP contribution < -0.4 is 15.5 Å². The molecule has 7 nitrogen and oxygen atoms in total. The number of anilines is 1. The second-order valence-electron chi connectivity index (χ2n) is 6.62. The van der Waals surface area contributed by atoms with E-state index in [1.54, 1.807) is 6.92 Å². The van der Waals surface area contributed by atoms with E-state index >= 15 is 0 Å². The first-order chi connectivity index (χ1) is 12.9. The van der Waals surface area contributed by atoms with E-state index in [-0.39, 0.29) is 49.1 Å². The lowest BCUT2D eigenvalue weighted by atomic mass is 9.89. The lowest BCUT2D eigenvalue weighted by Crippen LogP contribution is -2.42. The summed E-state index contributed by atoms with van der Waals surface area (Å²) in [5, 5.41) is 5.28. The first-order valence-corrected chi connectivity index (χ1v) is 8.89. The third-order valence-electron chi connectivity index (χ3n) is 4.81. The molecular weight excluding hydrogens is 360 g/mol. The van der Waals surface area contributed by atoms with Gasteiger partial charge in [-0.05, 0) is 18.6 Å². The fraction of sp³-hybridized carbons (Fsp3) is 0.500. The third kappa shape index (κ3) is 4.01. The summed E-state index contributed by atoms with van der Waals surface area (Å²) in [5.74, 6) is -2.60. The van der Waals surface area contributed by atoms with Crippen LogP contribution in [-0.4, -0.2) is 43.6 Å². The summed E-state index contributed by atoms with van der Waals surface area (Å²) in [5.41, 5.74) is -0.121. The van der Waals surface area contributed by atoms with Crippen LogP contribution in [0.1, 0.15) is 37.7 Å². The van der Waals surface area contributed by atoms with Crippen LogP contribution in [0, 0.1) is 11.6 Å². The van der Waals surface area contributed by atoms with Gasteiger partial charge in [0.1, 0.15) is 18.2 Å². The molecule has 2 heterocycles. The minimum absolute atomic E-state index is 0.0105. The number of hydrogen-bond donors (Lipinski definition) is 2. The molecule has 9 heteroatoms. The molecule has 0 aliphatic carbocycles. The molecule has 1 aromatic carbocycles. The number of rotatable bonds is 5. The molecule has 2 N–H and O–H groups in total. The van der Waals surface area contributed by atoms with E-state index in [4.69, 9.17) is 4.74 Å². The Balaban J connectivity index is 1.84. The molecule has 2 fully saturated rings. The lowest BCUT2D eigenvalue weighted by Gasteiger charge is -2.25. The second-order valence-corrected chi connectivity index (χ2v) is 6.62. The van der Waals surface area contributed by atoms with Crippen molar-refractivity contribution in [2.24, 2.45) is 0 Å². The predicted octanol–water partition coefficient (Wildman–Crippen LogP) is 1.81.